The van der Waals surface area contributed by atoms with Gasteiger partial charge in [-0.15, -0.1) is 0 Å². The van der Waals surface area contributed by atoms with Crippen LogP contribution in [0.25, 0.3) is 0 Å². The molecule has 1 aliphatic rings. The van der Waals surface area contributed by atoms with Crippen molar-refractivity contribution in [2.45, 2.75) is 32.9 Å². The van der Waals surface area contributed by atoms with Gasteiger partial charge in [0, 0.05) is 12.0 Å². The second-order valence-electron chi connectivity index (χ2n) is 6.54. The summed E-state index contributed by atoms with van der Waals surface area (Å²) in [6, 6.07) is 16.1. The second kappa shape index (κ2) is 6.16. The summed E-state index contributed by atoms with van der Waals surface area (Å²) in [5.74, 6) is 1.63. The number of hydrogen-bond donors (Lipinski definition) is 1. The van der Waals surface area contributed by atoms with E-state index in [1.54, 1.807) is 0 Å². The minimum Gasteiger partial charge on any atom is -0.345 e. The fraction of sp³-hybridized carbons (Fsp3) is 0.250. The van der Waals surface area contributed by atoms with Gasteiger partial charge in [-0.2, -0.15) is 5.10 Å². The summed E-state index contributed by atoms with van der Waals surface area (Å²) in [6.45, 7) is 4.66. The number of aromatic nitrogens is 3. The van der Waals surface area contributed by atoms with Crippen LogP contribution < -0.4 is 5.32 Å². The molecule has 1 N–H and O–H groups in total. The lowest BCUT2D eigenvalue weighted by Gasteiger charge is -2.12. The Labute approximate surface area is 146 Å². The van der Waals surface area contributed by atoms with E-state index in [0.29, 0.717) is 13.0 Å². The Balaban J connectivity index is 1.60. The van der Waals surface area contributed by atoms with Crippen molar-refractivity contribution in [1.29, 1.82) is 0 Å². The minimum absolute atomic E-state index is 0.0121. The van der Waals surface area contributed by atoms with Crippen LogP contribution in [-0.4, -0.2) is 20.7 Å². The van der Waals surface area contributed by atoms with Crippen LogP contribution in [0.3, 0.4) is 0 Å². The highest BCUT2D eigenvalue weighted by Gasteiger charge is 2.29. The van der Waals surface area contributed by atoms with Crippen LogP contribution in [0, 0.1) is 13.8 Å². The van der Waals surface area contributed by atoms with Crippen molar-refractivity contribution in [1.82, 2.24) is 20.1 Å². The van der Waals surface area contributed by atoms with Gasteiger partial charge in [-0.3, -0.25) is 4.79 Å². The molecule has 0 saturated carbocycles. The average molecular weight is 332 g/mol. The van der Waals surface area contributed by atoms with Crippen molar-refractivity contribution < 1.29 is 4.79 Å². The van der Waals surface area contributed by atoms with E-state index in [4.69, 9.17) is 0 Å². The smallest absolute Gasteiger partial charge is 0.252 e. The number of carbonyl (C=O) groups excluding carboxylic acids is 1. The van der Waals surface area contributed by atoms with Crippen LogP contribution in [0.1, 0.15) is 44.7 Å². The van der Waals surface area contributed by atoms with Crippen LogP contribution in [0.4, 0.5) is 0 Å². The van der Waals surface area contributed by atoms with Gasteiger partial charge in [0.2, 0.25) is 0 Å². The zero-order chi connectivity index (χ0) is 17.4. The maximum absolute atomic E-state index is 12.1. The van der Waals surface area contributed by atoms with E-state index >= 15 is 0 Å². The number of aryl methyl sites for hydroxylation is 2. The molecule has 1 aromatic heterocycles. The number of carbonyl (C=O) groups is 1. The summed E-state index contributed by atoms with van der Waals surface area (Å²) in [7, 11) is 0. The van der Waals surface area contributed by atoms with Crippen molar-refractivity contribution in [3.8, 4) is 0 Å². The van der Waals surface area contributed by atoms with Crippen LogP contribution in [-0.2, 0) is 13.0 Å². The largest absolute Gasteiger partial charge is 0.345 e. The third-order valence-corrected chi connectivity index (χ3v) is 4.58. The molecule has 4 rings (SSSR count). The summed E-state index contributed by atoms with van der Waals surface area (Å²) in [5.41, 5.74) is 4.22. The number of rotatable bonds is 4. The second-order valence-corrected chi connectivity index (χ2v) is 6.54. The average Bonchev–Trinajstić information content (AvgIpc) is 3.10. The first kappa shape index (κ1) is 15.6. The zero-order valence-electron chi connectivity index (χ0n) is 14.4. The highest BCUT2D eigenvalue weighted by atomic mass is 16.2. The van der Waals surface area contributed by atoms with Crippen LogP contribution in [0.5, 0.6) is 0 Å². The number of benzene rings is 2. The van der Waals surface area contributed by atoms with E-state index in [-0.39, 0.29) is 11.9 Å². The molecule has 1 aliphatic heterocycles. The van der Waals surface area contributed by atoms with E-state index in [1.807, 2.05) is 35.9 Å². The fourth-order valence-corrected chi connectivity index (χ4v) is 3.31. The first-order valence-corrected chi connectivity index (χ1v) is 8.46. The zero-order valence-corrected chi connectivity index (χ0v) is 14.4. The van der Waals surface area contributed by atoms with Crippen LogP contribution in [0.15, 0.2) is 48.5 Å². The van der Waals surface area contributed by atoms with E-state index in [1.165, 1.54) is 11.1 Å². The molecule has 1 amide bonds. The number of nitrogens with one attached hydrogen (secondary N) is 1. The molecule has 2 heterocycles. The normalized spacial score (nSPS) is 15.9. The topological polar surface area (TPSA) is 59.8 Å². The Morgan fingerprint density at radius 2 is 1.84 bits per heavy atom. The van der Waals surface area contributed by atoms with Gasteiger partial charge in [0.15, 0.2) is 0 Å². The molecule has 2 aromatic carbocycles. The van der Waals surface area contributed by atoms with E-state index in [9.17, 15) is 4.79 Å². The molecule has 0 aliphatic carbocycles. The molecule has 0 radical (unpaired) electrons. The molecule has 3 aromatic rings. The minimum atomic E-state index is -0.0518. The van der Waals surface area contributed by atoms with E-state index in [2.05, 4.69) is 46.6 Å². The Hall–Kier alpha value is -2.95. The predicted octanol–water partition coefficient (Wildman–Crippen LogP) is 2.97. The Morgan fingerprint density at radius 3 is 2.64 bits per heavy atom. The summed E-state index contributed by atoms with van der Waals surface area (Å²) in [6.07, 6.45) is 0.634. The molecule has 0 spiro atoms. The lowest BCUT2D eigenvalue weighted by Crippen LogP contribution is -2.22. The highest BCUT2D eigenvalue weighted by Crippen LogP contribution is 2.27. The van der Waals surface area contributed by atoms with Gasteiger partial charge in [0.1, 0.15) is 11.6 Å². The molecule has 5 heteroatoms. The van der Waals surface area contributed by atoms with Gasteiger partial charge < -0.3 is 5.32 Å². The third kappa shape index (κ3) is 3.05. The summed E-state index contributed by atoms with van der Waals surface area (Å²) < 4.78 is 1.94. The SMILES string of the molecule is Cc1ccc(Cn2nc(C)nc2C[C@H]2NC(=O)c3ccccc32)cc1. The number of fused-ring (bicyclic) bond motifs is 1. The van der Waals surface area contributed by atoms with E-state index < -0.39 is 0 Å². The van der Waals surface area contributed by atoms with Gasteiger partial charge in [0.25, 0.3) is 5.91 Å². The monoisotopic (exact) mass is 332 g/mol. The Bertz CT molecular complexity index is 927. The van der Waals surface area contributed by atoms with Gasteiger partial charge in [-0.25, -0.2) is 9.67 Å². The van der Waals surface area contributed by atoms with Crippen molar-refractivity contribution in [3.63, 3.8) is 0 Å². The highest BCUT2D eigenvalue weighted by molar-refractivity contribution is 5.99. The van der Waals surface area contributed by atoms with Gasteiger partial charge in [0.05, 0.1) is 12.6 Å². The molecular weight excluding hydrogens is 312 g/mol. The Morgan fingerprint density at radius 1 is 1.08 bits per heavy atom. The quantitative estimate of drug-likeness (QED) is 0.799. The van der Waals surface area contributed by atoms with Crippen molar-refractivity contribution >= 4 is 5.91 Å². The summed E-state index contributed by atoms with van der Waals surface area (Å²) >= 11 is 0. The Kier molecular flexibility index (Phi) is 3.84. The molecule has 0 bridgehead atoms. The van der Waals surface area contributed by atoms with Crippen LogP contribution >= 0.6 is 0 Å². The molecule has 0 saturated heterocycles. The first-order chi connectivity index (χ1) is 12.1. The first-order valence-electron chi connectivity index (χ1n) is 8.46. The van der Waals surface area contributed by atoms with Crippen molar-refractivity contribution in [3.05, 3.63) is 82.4 Å². The maximum Gasteiger partial charge on any atom is 0.252 e. The molecule has 0 unspecified atom stereocenters. The van der Waals surface area contributed by atoms with Gasteiger partial charge in [-0.05, 0) is 31.0 Å². The van der Waals surface area contributed by atoms with Crippen molar-refractivity contribution in [2.24, 2.45) is 0 Å². The summed E-state index contributed by atoms with van der Waals surface area (Å²) in [4.78, 5) is 16.7. The van der Waals surface area contributed by atoms with Crippen LogP contribution in [0.2, 0.25) is 0 Å². The number of amides is 1. The van der Waals surface area contributed by atoms with Crippen molar-refractivity contribution in [2.75, 3.05) is 0 Å². The summed E-state index contributed by atoms with van der Waals surface area (Å²) in [5, 5.41) is 7.59. The molecule has 126 valence electrons. The number of nitrogens with zero attached hydrogens (tertiary/aromatic N) is 3. The molecule has 1 atom stereocenters. The molecule has 0 fully saturated rings. The maximum atomic E-state index is 12.1. The third-order valence-electron chi connectivity index (χ3n) is 4.58. The number of hydrogen-bond acceptors (Lipinski definition) is 3. The lowest BCUT2D eigenvalue weighted by atomic mass is 10.0. The van der Waals surface area contributed by atoms with Gasteiger partial charge >= 0.3 is 0 Å². The molecular formula is C20H20N4O. The molecule has 25 heavy (non-hydrogen) atoms. The van der Waals surface area contributed by atoms with Gasteiger partial charge in [-0.1, -0.05) is 48.0 Å². The van der Waals surface area contributed by atoms with E-state index in [0.717, 1.165) is 22.8 Å². The lowest BCUT2D eigenvalue weighted by molar-refractivity contribution is 0.0956. The predicted molar refractivity (Wildman–Crippen MR) is 95.4 cm³/mol. The molecule has 5 nitrogen and oxygen atoms in total. The fourth-order valence-electron chi connectivity index (χ4n) is 3.31. The standard InChI is InChI=1S/C20H20N4O/c1-13-7-9-15(10-8-13)12-24-19(21-14(2)23-24)11-18-16-5-3-4-6-17(16)20(25)22-18/h3-10,18H,11-12H2,1-2H3,(H,22,25)/t18-/m1/s1.